The molecule has 2 aliphatic rings. The van der Waals surface area contributed by atoms with Crippen LogP contribution in [0.3, 0.4) is 0 Å². The fourth-order valence-electron chi connectivity index (χ4n) is 3.73. The molecule has 0 aliphatic carbocycles. The first-order valence-corrected chi connectivity index (χ1v) is 10.2. The van der Waals surface area contributed by atoms with E-state index in [-0.39, 0.29) is 24.8 Å². The molecule has 1 saturated heterocycles. The van der Waals surface area contributed by atoms with Crippen molar-refractivity contribution < 1.29 is 14.3 Å². The number of nitrogens with one attached hydrogen (secondary N) is 1. The summed E-state index contributed by atoms with van der Waals surface area (Å²) in [4.78, 5) is 29.5. The number of anilines is 2. The molecule has 0 bridgehead atoms. The van der Waals surface area contributed by atoms with Crippen molar-refractivity contribution in [1.29, 1.82) is 0 Å². The molecule has 0 aromatic heterocycles. The zero-order valence-corrected chi connectivity index (χ0v) is 17.1. The summed E-state index contributed by atoms with van der Waals surface area (Å²) in [6.45, 7) is 4.95. The highest BCUT2D eigenvalue weighted by atomic mass is 35.5. The molecule has 1 fully saturated rings. The van der Waals surface area contributed by atoms with E-state index in [1.165, 1.54) is 0 Å². The van der Waals surface area contributed by atoms with Crippen LogP contribution in [-0.4, -0.2) is 49.5 Å². The maximum atomic E-state index is 12.8. The lowest BCUT2D eigenvalue weighted by Gasteiger charge is -2.36. The van der Waals surface area contributed by atoms with Gasteiger partial charge in [-0.05, 0) is 48.9 Å². The van der Waals surface area contributed by atoms with Gasteiger partial charge in [-0.1, -0.05) is 17.7 Å². The summed E-state index contributed by atoms with van der Waals surface area (Å²) < 4.78 is 5.79. The predicted octanol–water partition coefficient (Wildman–Crippen LogP) is 3.33. The number of aryl methyl sites for hydroxylation is 1. The van der Waals surface area contributed by atoms with Gasteiger partial charge in [0.05, 0.1) is 11.6 Å². The molecular formula is C22H24ClN3O3. The average Bonchev–Trinajstić information content (AvgIpc) is 2.87. The van der Waals surface area contributed by atoms with Crippen molar-refractivity contribution in [2.75, 3.05) is 43.0 Å². The minimum absolute atomic E-state index is 0.00774. The minimum Gasteiger partial charge on any atom is -0.491 e. The minimum atomic E-state index is -0.496. The third kappa shape index (κ3) is 4.48. The standard InChI is InChI=1S/C22H24ClN3O3/c1-15-2-7-20-19(12-15)24-22(28)16(14-29-20)13-21(27)26-10-8-25(9-11-26)18-5-3-17(23)4-6-18/h2-7,12,16H,8-11,13-14H2,1H3,(H,24,28)/t16-/m1/s1. The van der Waals surface area contributed by atoms with Gasteiger partial charge >= 0.3 is 0 Å². The summed E-state index contributed by atoms with van der Waals surface area (Å²) in [6.07, 6.45) is 0.153. The number of piperazine rings is 1. The lowest BCUT2D eigenvalue weighted by Crippen LogP contribution is -2.49. The molecule has 0 unspecified atom stereocenters. The van der Waals surface area contributed by atoms with E-state index in [1.54, 1.807) is 0 Å². The number of hydrogen-bond acceptors (Lipinski definition) is 4. The second-order valence-electron chi connectivity index (χ2n) is 7.55. The zero-order valence-electron chi connectivity index (χ0n) is 16.4. The summed E-state index contributed by atoms with van der Waals surface area (Å²) in [7, 11) is 0. The molecule has 0 spiro atoms. The molecule has 7 heteroatoms. The normalized spacial score (nSPS) is 19.1. The van der Waals surface area contributed by atoms with Crippen molar-refractivity contribution in [3.63, 3.8) is 0 Å². The number of fused-ring (bicyclic) bond motifs is 1. The Morgan fingerprint density at radius 2 is 1.86 bits per heavy atom. The number of carbonyl (C=O) groups is 2. The van der Waals surface area contributed by atoms with Crippen LogP contribution in [0.2, 0.25) is 5.02 Å². The van der Waals surface area contributed by atoms with Crippen LogP contribution in [0.4, 0.5) is 11.4 Å². The van der Waals surface area contributed by atoms with Gasteiger partial charge in [-0.3, -0.25) is 9.59 Å². The molecular weight excluding hydrogens is 390 g/mol. The van der Waals surface area contributed by atoms with E-state index in [1.807, 2.05) is 54.3 Å². The Morgan fingerprint density at radius 3 is 2.59 bits per heavy atom. The summed E-state index contributed by atoms with van der Waals surface area (Å²) in [5.41, 5.74) is 2.81. The number of halogens is 1. The summed E-state index contributed by atoms with van der Waals surface area (Å²) >= 11 is 5.95. The average molecular weight is 414 g/mol. The Balaban J connectivity index is 1.33. The fraction of sp³-hybridized carbons (Fsp3) is 0.364. The van der Waals surface area contributed by atoms with Crippen molar-refractivity contribution >= 4 is 34.8 Å². The Labute approximate surface area is 175 Å². The number of nitrogens with zero attached hydrogens (tertiary/aromatic N) is 2. The second kappa shape index (κ2) is 8.33. The first kappa shape index (κ1) is 19.6. The molecule has 4 rings (SSSR count). The number of amides is 2. The highest BCUT2D eigenvalue weighted by Gasteiger charge is 2.30. The molecule has 29 heavy (non-hydrogen) atoms. The molecule has 2 heterocycles. The van der Waals surface area contributed by atoms with Crippen LogP contribution in [0, 0.1) is 12.8 Å². The molecule has 1 N–H and O–H groups in total. The lowest BCUT2D eigenvalue weighted by molar-refractivity contribution is -0.135. The highest BCUT2D eigenvalue weighted by molar-refractivity contribution is 6.30. The molecule has 6 nitrogen and oxygen atoms in total. The number of rotatable bonds is 3. The van der Waals surface area contributed by atoms with Crippen LogP contribution in [0.5, 0.6) is 5.75 Å². The number of benzene rings is 2. The van der Waals surface area contributed by atoms with Crippen molar-refractivity contribution in [3.05, 3.63) is 53.1 Å². The van der Waals surface area contributed by atoms with Gasteiger partial charge in [0.2, 0.25) is 11.8 Å². The van der Waals surface area contributed by atoms with Gasteiger partial charge in [-0.2, -0.15) is 0 Å². The van der Waals surface area contributed by atoms with Crippen molar-refractivity contribution in [3.8, 4) is 5.75 Å². The van der Waals surface area contributed by atoms with Crippen molar-refractivity contribution in [2.45, 2.75) is 13.3 Å². The van der Waals surface area contributed by atoms with E-state index in [0.29, 0.717) is 29.5 Å². The maximum Gasteiger partial charge on any atom is 0.231 e. The molecule has 2 aromatic rings. The van der Waals surface area contributed by atoms with Crippen molar-refractivity contribution in [2.24, 2.45) is 5.92 Å². The van der Waals surface area contributed by atoms with Gasteiger partial charge in [0.25, 0.3) is 0 Å². The van der Waals surface area contributed by atoms with Crippen LogP contribution in [-0.2, 0) is 9.59 Å². The quantitative estimate of drug-likeness (QED) is 0.838. The van der Waals surface area contributed by atoms with Crippen LogP contribution in [0.15, 0.2) is 42.5 Å². The van der Waals surface area contributed by atoms with Gasteiger partial charge in [-0.25, -0.2) is 0 Å². The van der Waals surface area contributed by atoms with Crippen LogP contribution in [0.1, 0.15) is 12.0 Å². The van der Waals surface area contributed by atoms with Gasteiger partial charge < -0.3 is 19.9 Å². The van der Waals surface area contributed by atoms with E-state index < -0.39 is 5.92 Å². The van der Waals surface area contributed by atoms with Gasteiger partial charge in [0.15, 0.2) is 0 Å². The molecule has 2 amide bonds. The molecule has 2 aliphatic heterocycles. The fourth-order valence-corrected chi connectivity index (χ4v) is 3.85. The van der Waals surface area contributed by atoms with E-state index in [0.717, 1.165) is 24.3 Å². The van der Waals surface area contributed by atoms with Crippen LogP contribution < -0.4 is 15.0 Å². The molecule has 0 saturated carbocycles. The van der Waals surface area contributed by atoms with Crippen LogP contribution in [0.25, 0.3) is 0 Å². The maximum absolute atomic E-state index is 12.8. The Morgan fingerprint density at radius 1 is 1.14 bits per heavy atom. The summed E-state index contributed by atoms with van der Waals surface area (Å²) in [6, 6.07) is 13.4. The number of carbonyl (C=O) groups excluding carboxylic acids is 2. The van der Waals surface area contributed by atoms with E-state index in [2.05, 4.69) is 10.2 Å². The Bertz CT molecular complexity index is 908. The third-order valence-electron chi connectivity index (χ3n) is 5.45. The van der Waals surface area contributed by atoms with Gasteiger partial charge in [0.1, 0.15) is 12.4 Å². The molecule has 0 radical (unpaired) electrons. The highest BCUT2D eigenvalue weighted by Crippen LogP contribution is 2.30. The molecule has 2 aromatic carbocycles. The smallest absolute Gasteiger partial charge is 0.231 e. The Hall–Kier alpha value is -2.73. The first-order chi connectivity index (χ1) is 14.0. The lowest BCUT2D eigenvalue weighted by atomic mass is 10.0. The first-order valence-electron chi connectivity index (χ1n) is 9.82. The van der Waals surface area contributed by atoms with E-state index >= 15 is 0 Å². The number of hydrogen-bond donors (Lipinski definition) is 1. The number of ether oxygens (including phenoxy) is 1. The topological polar surface area (TPSA) is 61.9 Å². The molecule has 152 valence electrons. The Kier molecular flexibility index (Phi) is 5.62. The van der Waals surface area contributed by atoms with Crippen molar-refractivity contribution in [1.82, 2.24) is 4.90 Å². The van der Waals surface area contributed by atoms with Gasteiger partial charge in [-0.15, -0.1) is 0 Å². The second-order valence-corrected chi connectivity index (χ2v) is 7.98. The summed E-state index contributed by atoms with van der Waals surface area (Å²) in [5, 5.41) is 3.61. The largest absolute Gasteiger partial charge is 0.491 e. The van der Waals surface area contributed by atoms with Crippen LogP contribution >= 0.6 is 11.6 Å². The van der Waals surface area contributed by atoms with Gasteiger partial charge in [0, 0.05) is 43.3 Å². The van der Waals surface area contributed by atoms with E-state index in [4.69, 9.17) is 16.3 Å². The monoisotopic (exact) mass is 413 g/mol. The predicted molar refractivity (Wildman–Crippen MR) is 114 cm³/mol. The SMILES string of the molecule is Cc1ccc2c(c1)NC(=O)[C@H](CC(=O)N1CCN(c3ccc(Cl)cc3)CC1)CO2. The molecule has 1 atom stereocenters. The zero-order chi connectivity index (χ0) is 20.4. The third-order valence-corrected chi connectivity index (χ3v) is 5.70. The van der Waals surface area contributed by atoms with E-state index in [9.17, 15) is 9.59 Å². The summed E-state index contributed by atoms with van der Waals surface area (Å²) in [5.74, 6) is -0.0193.